The number of aryl methyl sites for hydroxylation is 2. The molecular formula is C38H46N2O7. The number of ether oxygens (including phenoxy) is 2. The maximum absolute atomic E-state index is 14.7. The number of aromatic hydroxyl groups is 3. The number of hydrogen-bond acceptors (Lipinski definition) is 9. The molecule has 0 aromatic heterocycles. The number of hydrogen-bond donors (Lipinski definition) is 6. The van der Waals surface area contributed by atoms with Gasteiger partial charge in [-0.05, 0) is 97.0 Å². The van der Waals surface area contributed by atoms with Gasteiger partial charge in [-0.3, -0.25) is 4.79 Å². The fourth-order valence-corrected chi connectivity index (χ4v) is 7.71. The average Bonchev–Trinajstić information content (AvgIpc) is 3.48. The number of benzene rings is 3. The van der Waals surface area contributed by atoms with Gasteiger partial charge in [0.05, 0.1) is 32.1 Å². The Morgan fingerprint density at radius 1 is 0.957 bits per heavy atom. The fourth-order valence-electron chi connectivity index (χ4n) is 7.71. The van der Waals surface area contributed by atoms with Gasteiger partial charge in [0.15, 0.2) is 23.0 Å². The topological polar surface area (TPSA) is 154 Å². The lowest BCUT2D eigenvalue weighted by Crippen LogP contribution is -2.48. The number of nitrogens with one attached hydrogen (secondary N) is 1. The zero-order chi connectivity index (χ0) is 33.6. The first kappa shape index (κ1) is 33.7. The summed E-state index contributed by atoms with van der Waals surface area (Å²) in [6.45, 7) is 0.536. The van der Waals surface area contributed by atoms with Crippen LogP contribution < -0.4 is 20.5 Å². The molecule has 250 valence electrons. The maximum atomic E-state index is 14.7. The highest BCUT2D eigenvalue weighted by molar-refractivity contribution is 5.83. The second-order valence-electron chi connectivity index (χ2n) is 12.7. The Labute approximate surface area is 276 Å². The standard InChI is InChI=1S/C38H46N2O7/c1-46-33-21-25(10-13-29(33)41)11-14-30(42)36(31(43)15-12-26-20-32(44)37(45)34(22-26)47-2)38(28-16-18-40-35(39)23-28)17-6-9-27(38)19-24-7-4-3-5-8-24/h3-5,7-8,10,13,16,20-23,27,30,36,40-42,44-45H,6,9,11-12,14-15,17-19,39H2,1-2H3/t27-,30+,36+,38+/m0/s1. The molecular weight excluding hydrogens is 596 g/mol. The van der Waals surface area contributed by atoms with Crippen LogP contribution in [0.3, 0.4) is 0 Å². The van der Waals surface area contributed by atoms with Crippen molar-refractivity contribution in [2.45, 2.75) is 57.5 Å². The van der Waals surface area contributed by atoms with Crippen LogP contribution in [0.5, 0.6) is 28.7 Å². The number of carbonyl (C=O) groups is 1. The molecule has 0 saturated heterocycles. The number of aliphatic hydroxyl groups is 1. The van der Waals surface area contributed by atoms with E-state index in [1.54, 1.807) is 24.3 Å². The van der Waals surface area contributed by atoms with Crippen LogP contribution in [-0.2, 0) is 24.1 Å². The van der Waals surface area contributed by atoms with Crippen molar-refractivity contribution < 1.29 is 34.7 Å². The Kier molecular flexibility index (Phi) is 10.7. The number of nitrogens with two attached hydrogens (primary N) is 1. The van der Waals surface area contributed by atoms with Crippen molar-refractivity contribution in [3.05, 3.63) is 101 Å². The summed E-state index contributed by atoms with van der Waals surface area (Å²) in [5.41, 5.74) is 9.36. The van der Waals surface area contributed by atoms with Gasteiger partial charge in [0, 0.05) is 18.4 Å². The predicted molar refractivity (Wildman–Crippen MR) is 180 cm³/mol. The average molecular weight is 643 g/mol. The number of allylic oxidation sites excluding steroid dienone is 2. The van der Waals surface area contributed by atoms with Crippen LogP contribution in [-0.4, -0.2) is 53.1 Å². The Balaban J connectivity index is 1.53. The van der Waals surface area contributed by atoms with Crippen LogP contribution >= 0.6 is 0 Å². The molecule has 0 spiro atoms. The third-order valence-corrected chi connectivity index (χ3v) is 9.93. The zero-order valence-electron chi connectivity index (χ0n) is 27.1. The van der Waals surface area contributed by atoms with E-state index in [0.717, 1.165) is 36.8 Å². The fraction of sp³-hybridized carbons (Fsp3) is 0.395. The lowest BCUT2D eigenvalue weighted by atomic mass is 9.58. The predicted octanol–water partition coefficient (Wildman–Crippen LogP) is 5.29. The summed E-state index contributed by atoms with van der Waals surface area (Å²) in [4.78, 5) is 14.7. The molecule has 1 aliphatic heterocycles. The van der Waals surface area contributed by atoms with E-state index in [9.17, 15) is 25.2 Å². The summed E-state index contributed by atoms with van der Waals surface area (Å²) >= 11 is 0. The van der Waals surface area contributed by atoms with Gasteiger partial charge in [0.1, 0.15) is 5.78 Å². The first-order valence-corrected chi connectivity index (χ1v) is 16.3. The van der Waals surface area contributed by atoms with Crippen LogP contribution in [0, 0.1) is 17.3 Å². The van der Waals surface area contributed by atoms with Gasteiger partial charge in [-0.15, -0.1) is 0 Å². The third kappa shape index (κ3) is 7.36. The number of aliphatic hydroxyl groups excluding tert-OH is 1. The van der Waals surface area contributed by atoms with Crippen molar-refractivity contribution in [3.63, 3.8) is 0 Å². The minimum atomic E-state index is -0.980. The Hall–Kier alpha value is -4.63. The number of methoxy groups -OCH3 is 2. The molecule has 0 radical (unpaired) electrons. The molecule has 1 heterocycles. The largest absolute Gasteiger partial charge is 0.504 e. The number of phenols is 3. The second kappa shape index (κ2) is 14.9. The Morgan fingerprint density at radius 2 is 1.70 bits per heavy atom. The summed E-state index contributed by atoms with van der Waals surface area (Å²) in [7, 11) is 2.90. The molecule has 9 nitrogen and oxygen atoms in total. The SMILES string of the molecule is COc1cc(CC[C@@H](O)[C@H](C(=O)CCc2cc(O)c(O)c(OC)c2)[C@]2(C3=CCNC(N)=C3)CCC[C@H]2Cc2ccccc2)ccc1O. The number of Topliss-reactive ketones (excluding diaryl/α,β-unsaturated/α-hetero) is 1. The molecule has 0 unspecified atom stereocenters. The van der Waals surface area contributed by atoms with E-state index in [2.05, 4.69) is 23.5 Å². The van der Waals surface area contributed by atoms with E-state index < -0.39 is 17.4 Å². The minimum absolute atomic E-state index is 0.0395. The summed E-state index contributed by atoms with van der Waals surface area (Å²) in [6, 6.07) is 18.5. The van der Waals surface area contributed by atoms with E-state index in [-0.39, 0.29) is 41.1 Å². The quantitative estimate of drug-likeness (QED) is 0.129. The summed E-state index contributed by atoms with van der Waals surface area (Å²) in [6.07, 6.45) is 7.58. The van der Waals surface area contributed by atoms with Crippen LogP contribution in [0.1, 0.15) is 48.8 Å². The molecule has 3 aromatic carbocycles. The van der Waals surface area contributed by atoms with E-state index in [4.69, 9.17) is 15.2 Å². The molecule has 1 saturated carbocycles. The third-order valence-electron chi connectivity index (χ3n) is 9.93. The minimum Gasteiger partial charge on any atom is -0.504 e. The monoisotopic (exact) mass is 642 g/mol. The van der Waals surface area contributed by atoms with Crippen LogP contribution in [0.2, 0.25) is 0 Å². The Morgan fingerprint density at radius 3 is 2.43 bits per heavy atom. The van der Waals surface area contributed by atoms with Crippen molar-refractivity contribution in [1.82, 2.24) is 5.32 Å². The molecule has 4 atom stereocenters. The number of dihydropyridines is 1. The van der Waals surface area contributed by atoms with Crippen LogP contribution in [0.4, 0.5) is 0 Å². The van der Waals surface area contributed by atoms with Gasteiger partial charge in [-0.1, -0.05) is 48.9 Å². The molecule has 1 aliphatic carbocycles. The van der Waals surface area contributed by atoms with Gasteiger partial charge in [-0.2, -0.15) is 0 Å². The lowest BCUT2D eigenvalue weighted by Gasteiger charge is -2.46. The molecule has 3 aromatic rings. The summed E-state index contributed by atoms with van der Waals surface area (Å²) in [5.74, 6) is -0.336. The van der Waals surface area contributed by atoms with E-state index in [0.29, 0.717) is 42.9 Å². The second-order valence-corrected chi connectivity index (χ2v) is 12.7. The van der Waals surface area contributed by atoms with Crippen molar-refractivity contribution in [2.24, 2.45) is 23.0 Å². The van der Waals surface area contributed by atoms with E-state index in [1.807, 2.05) is 24.3 Å². The lowest BCUT2D eigenvalue weighted by molar-refractivity contribution is -0.133. The first-order valence-electron chi connectivity index (χ1n) is 16.3. The molecule has 47 heavy (non-hydrogen) atoms. The smallest absolute Gasteiger partial charge is 0.200 e. The number of phenolic OH excluding ortho intramolecular Hbond substituents is 3. The summed E-state index contributed by atoms with van der Waals surface area (Å²) in [5, 5.41) is 45.9. The highest BCUT2D eigenvalue weighted by Crippen LogP contribution is 2.57. The molecule has 5 rings (SSSR count). The van der Waals surface area contributed by atoms with E-state index in [1.165, 1.54) is 25.8 Å². The first-order chi connectivity index (χ1) is 22.7. The van der Waals surface area contributed by atoms with Gasteiger partial charge in [-0.25, -0.2) is 0 Å². The van der Waals surface area contributed by atoms with Gasteiger partial charge < -0.3 is 41.0 Å². The van der Waals surface area contributed by atoms with Crippen molar-refractivity contribution in [2.75, 3.05) is 20.8 Å². The van der Waals surface area contributed by atoms with E-state index >= 15 is 0 Å². The number of ketones is 1. The van der Waals surface area contributed by atoms with Gasteiger partial charge in [0.25, 0.3) is 0 Å². The molecule has 0 amide bonds. The molecule has 0 bridgehead atoms. The molecule has 9 heteroatoms. The highest BCUT2D eigenvalue weighted by Gasteiger charge is 2.54. The molecule has 2 aliphatic rings. The van der Waals surface area contributed by atoms with Crippen LogP contribution in [0.15, 0.2) is 84.2 Å². The van der Waals surface area contributed by atoms with Crippen LogP contribution in [0.25, 0.3) is 0 Å². The maximum Gasteiger partial charge on any atom is 0.200 e. The van der Waals surface area contributed by atoms with Crippen molar-refractivity contribution >= 4 is 5.78 Å². The van der Waals surface area contributed by atoms with Gasteiger partial charge >= 0.3 is 0 Å². The molecule has 1 fully saturated rings. The Bertz CT molecular complexity index is 1620. The normalized spacial score (nSPS) is 20.4. The summed E-state index contributed by atoms with van der Waals surface area (Å²) < 4.78 is 10.5. The zero-order valence-corrected chi connectivity index (χ0v) is 27.1. The van der Waals surface area contributed by atoms with Crippen molar-refractivity contribution in [3.8, 4) is 28.7 Å². The van der Waals surface area contributed by atoms with Gasteiger partial charge in [0.2, 0.25) is 5.75 Å². The highest BCUT2D eigenvalue weighted by atomic mass is 16.5. The number of rotatable bonds is 14. The number of carbonyl (C=O) groups excluding carboxylic acids is 1. The molecule has 7 N–H and O–H groups in total. The van der Waals surface area contributed by atoms with Crippen molar-refractivity contribution in [1.29, 1.82) is 0 Å².